The van der Waals surface area contributed by atoms with Crippen LogP contribution in [0, 0.1) is 5.92 Å². The summed E-state index contributed by atoms with van der Waals surface area (Å²) in [5.41, 5.74) is 1.41. The Morgan fingerprint density at radius 3 is 2.30 bits per heavy atom. The van der Waals surface area contributed by atoms with Crippen molar-refractivity contribution in [3.8, 4) is 0 Å². The molecule has 2 rings (SSSR count). The van der Waals surface area contributed by atoms with Crippen LogP contribution in [-0.4, -0.2) is 30.6 Å². The molecule has 2 unspecified atom stereocenters. The van der Waals surface area contributed by atoms with E-state index in [4.69, 9.17) is 0 Å². The highest BCUT2D eigenvalue weighted by Gasteiger charge is 2.32. The van der Waals surface area contributed by atoms with E-state index in [1.807, 2.05) is 0 Å². The fourth-order valence-electron chi connectivity index (χ4n) is 3.23. The minimum atomic E-state index is 0.419. The molecule has 1 aromatic carbocycles. The molecule has 1 aliphatic rings. The molecule has 0 heterocycles. The van der Waals surface area contributed by atoms with Gasteiger partial charge in [-0.05, 0) is 51.6 Å². The van der Waals surface area contributed by atoms with Gasteiger partial charge in [-0.2, -0.15) is 0 Å². The molecule has 1 saturated carbocycles. The highest BCUT2D eigenvalue weighted by molar-refractivity contribution is 5.20. The number of nitrogens with zero attached hydrogens (tertiary/aromatic N) is 1. The average Bonchev–Trinajstić information content (AvgIpc) is 3.27. The zero-order valence-corrected chi connectivity index (χ0v) is 13.5. The van der Waals surface area contributed by atoms with Crippen LogP contribution in [0.4, 0.5) is 0 Å². The average molecular weight is 274 g/mol. The lowest BCUT2D eigenvalue weighted by atomic mass is 9.94. The Kier molecular flexibility index (Phi) is 5.62. The van der Waals surface area contributed by atoms with E-state index in [2.05, 4.69) is 68.4 Å². The van der Waals surface area contributed by atoms with Gasteiger partial charge in [0.2, 0.25) is 0 Å². The van der Waals surface area contributed by atoms with Gasteiger partial charge in [0.15, 0.2) is 0 Å². The van der Waals surface area contributed by atoms with E-state index in [0.717, 1.165) is 5.92 Å². The van der Waals surface area contributed by atoms with Gasteiger partial charge in [0.25, 0.3) is 0 Å². The van der Waals surface area contributed by atoms with Crippen LogP contribution in [-0.2, 0) is 0 Å². The molecular formula is C18H30N2. The summed E-state index contributed by atoms with van der Waals surface area (Å²) in [5, 5.41) is 3.56. The fourth-order valence-corrected chi connectivity index (χ4v) is 3.23. The van der Waals surface area contributed by atoms with Crippen molar-refractivity contribution >= 4 is 0 Å². The second-order valence-corrected chi connectivity index (χ2v) is 6.39. The maximum atomic E-state index is 3.56. The van der Waals surface area contributed by atoms with Crippen molar-refractivity contribution in [3.05, 3.63) is 35.9 Å². The Labute approximate surface area is 124 Å². The first-order chi connectivity index (χ1) is 9.67. The lowest BCUT2D eigenvalue weighted by Crippen LogP contribution is -2.47. The molecule has 2 nitrogen and oxygen atoms in total. The molecular weight excluding hydrogens is 244 g/mol. The maximum absolute atomic E-state index is 3.56. The van der Waals surface area contributed by atoms with Crippen molar-refractivity contribution in [1.29, 1.82) is 0 Å². The van der Waals surface area contributed by atoms with Crippen molar-refractivity contribution in [3.63, 3.8) is 0 Å². The van der Waals surface area contributed by atoms with Gasteiger partial charge in [-0.15, -0.1) is 0 Å². The minimum absolute atomic E-state index is 0.419. The summed E-state index contributed by atoms with van der Waals surface area (Å²) in [6.07, 6.45) is 4.04. The fraction of sp³-hybridized carbons (Fsp3) is 0.667. The summed E-state index contributed by atoms with van der Waals surface area (Å²) in [4.78, 5) is 2.71. The Balaban J connectivity index is 2.17. The summed E-state index contributed by atoms with van der Waals surface area (Å²) in [6, 6.07) is 12.5. The molecule has 0 radical (unpaired) electrons. The van der Waals surface area contributed by atoms with Gasteiger partial charge in [-0.1, -0.05) is 37.3 Å². The number of benzene rings is 1. The van der Waals surface area contributed by atoms with Gasteiger partial charge < -0.3 is 5.32 Å². The summed E-state index contributed by atoms with van der Waals surface area (Å²) in [5.74, 6) is 0.944. The molecule has 0 saturated heterocycles. The number of hydrogen-bond donors (Lipinski definition) is 1. The molecule has 1 aliphatic carbocycles. The van der Waals surface area contributed by atoms with E-state index in [0.29, 0.717) is 18.1 Å². The van der Waals surface area contributed by atoms with E-state index in [1.54, 1.807) is 0 Å². The Bertz CT molecular complexity index is 384. The van der Waals surface area contributed by atoms with Crippen LogP contribution in [0.15, 0.2) is 30.3 Å². The van der Waals surface area contributed by atoms with Gasteiger partial charge in [0.1, 0.15) is 0 Å². The van der Waals surface area contributed by atoms with Gasteiger partial charge in [-0.3, -0.25) is 4.90 Å². The molecule has 0 amide bonds. The highest BCUT2D eigenvalue weighted by Crippen LogP contribution is 2.33. The van der Waals surface area contributed by atoms with Crippen molar-refractivity contribution in [1.82, 2.24) is 10.2 Å². The van der Waals surface area contributed by atoms with Crippen molar-refractivity contribution < 1.29 is 0 Å². The molecule has 1 fully saturated rings. The molecule has 2 atom stereocenters. The second-order valence-electron chi connectivity index (χ2n) is 6.39. The molecule has 20 heavy (non-hydrogen) atoms. The summed E-state index contributed by atoms with van der Waals surface area (Å²) < 4.78 is 0. The van der Waals surface area contributed by atoms with Crippen LogP contribution < -0.4 is 5.32 Å². The standard InChI is InChI=1S/C18H30N2/c1-5-17(20(14(2)3)13-15-11-12-15)18(19-4)16-9-7-6-8-10-16/h6-10,14-15,17-19H,5,11-13H2,1-4H3. The largest absolute Gasteiger partial charge is 0.312 e. The summed E-state index contributed by atoms with van der Waals surface area (Å²) in [7, 11) is 2.09. The molecule has 0 bridgehead atoms. The van der Waals surface area contributed by atoms with Crippen LogP contribution >= 0.6 is 0 Å². The summed E-state index contributed by atoms with van der Waals surface area (Å²) in [6.45, 7) is 8.26. The number of likely N-dealkylation sites (N-methyl/N-ethyl adjacent to an activating group) is 1. The smallest absolute Gasteiger partial charge is 0.0475 e. The minimum Gasteiger partial charge on any atom is -0.312 e. The number of nitrogens with one attached hydrogen (secondary N) is 1. The number of hydrogen-bond acceptors (Lipinski definition) is 2. The third-order valence-corrected chi connectivity index (χ3v) is 4.53. The lowest BCUT2D eigenvalue weighted by Gasteiger charge is -2.39. The quantitative estimate of drug-likeness (QED) is 0.774. The molecule has 0 spiro atoms. The van der Waals surface area contributed by atoms with Gasteiger partial charge in [-0.25, -0.2) is 0 Å². The lowest BCUT2D eigenvalue weighted by molar-refractivity contribution is 0.112. The first-order valence-corrected chi connectivity index (χ1v) is 8.15. The zero-order valence-electron chi connectivity index (χ0n) is 13.5. The first kappa shape index (κ1) is 15.5. The molecule has 1 N–H and O–H groups in total. The molecule has 112 valence electrons. The Morgan fingerprint density at radius 2 is 1.85 bits per heavy atom. The molecule has 0 aromatic heterocycles. The third kappa shape index (κ3) is 3.83. The van der Waals surface area contributed by atoms with E-state index in [-0.39, 0.29) is 0 Å². The van der Waals surface area contributed by atoms with Crippen LogP contribution in [0.3, 0.4) is 0 Å². The first-order valence-electron chi connectivity index (χ1n) is 8.15. The highest BCUT2D eigenvalue weighted by atomic mass is 15.2. The van der Waals surface area contributed by atoms with Crippen LogP contribution in [0.5, 0.6) is 0 Å². The SMILES string of the molecule is CCC(C(NC)c1ccccc1)N(CC1CC1)C(C)C. The molecule has 1 aromatic rings. The van der Waals surface area contributed by atoms with Crippen molar-refractivity contribution in [2.75, 3.05) is 13.6 Å². The zero-order chi connectivity index (χ0) is 14.5. The van der Waals surface area contributed by atoms with E-state index >= 15 is 0 Å². The summed E-state index contributed by atoms with van der Waals surface area (Å²) >= 11 is 0. The second kappa shape index (κ2) is 7.24. The molecule has 0 aliphatic heterocycles. The third-order valence-electron chi connectivity index (χ3n) is 4.53. The maximum Gasteiger partial charge on any atom is 0.0475 e. The van der Waals surface area contributed by atoms with Gasteiger partial charge >= 0.3 is 0 Å². The predicted molar refractivity (Wildman–Crippen MR) is 86.9 cm³/mol. The van der Waals surface area contributed by atoms with Gasteiger partial charge in [0.05, 0.1) is 0 Å². The van der Waals surface area contributed by atoms with Gasteiger partial charge in [0, 0.05) is 24.7 Å². The van der Waals surface area contributed by atoms with Crippen LogP contribution in [0.2, 0.25) is 0 Å². The predicted octanol–water partition coefficient (Wildman–Crippen LogP) is 3.85. The van der Waals surface area contributed by atoms with Crippen LogP contribution in [0.25, 0.3) is 0 Å². The normalized spacial score (nSPS) is 18.5. The topological polar surface area (TPSA) is 15.3 Å². The van der Waals surface area contributed by atoms with Crippen molar-refractivity contribution in [2.24, 2.45) is 5.92 Å². The number of rotatable bonds is 8. The van der Waals surface area contributed by atoms with Crippen LogP contribution in [0.1, 0.15) is 51.6 Å². The molecule has 2 heteroatoms. The van der Waals surface area contributed by atoms with E-state index in [1.165, 1.54) is 31.4 Å². The monoisotopic (exact) mass is 274 g/mol. The van der Waals surface area contributed by atoms with E-state index < -0.39 is 0 Å². The van der Waals surface area contributed by atoms with E-state index in [9.17, 15) is 0 Å². The Morgan fingerprint density at radius 1 is 1.20 bits per heavy atom. The van der Waals surface area contributed by atoms with Crippen molar-refractivity contribution in [2.45, 2.75) is 58.2 Å². The Hall–Kier alpha value is -0.860.